The number of pyridine rings is 1. The summed E-state index contributed by atoms with van der Waals surface area (Å²) in [6.45, 7) is 6.14. The number of carbonyl (C=O) groups is 1. The fourth-order valence-corrected chi connectivity index (χ4v) is 3.59. The Morgan fingerprint density at radius 3 is 2.67 bits per heavy atom. The Hall–Kier alpha value is -2.40. The molecule has 0 fully saturated rings. The summed E-state index contributed by atoms with van der Waals surface area (Å²) in [5, 5.41) is 0.686. The molecule has 3 rings (SSSR count). The summed E-state index contributed by atoms with van der Waals surface area (Å²) in [6, 6.07) is 8.06. The van der Waals surface area contributed by atoms with Crippen LogP contribution in [0.1, 0.15) is 42.4 Å². The zero-order chi connectivity index (χ0) is 19.6. The van der Waals surface area contributed by atoms with Crippen LogP contribution in [0.3, 0.4) is 0 Å². The second kappa shape index (κ2) is 8.09. The van der Waals surface area contributed by atoms with E-state index in [1.54, 1.807) is 0 Å². The summed E-state index contributed by atoms with van der Waals surface area (Å²) in [5.74, 6) is 0.762. The van der Waals surface area contributed by atoms with Crippen LogP contribution in [0.15, 0.2) is 24.3 Å². The zero-order valence-electron chi connectivity index (χ0n) is 16.2. The maximum absolute atomic E-state index is 11.3. The number of aromatic nitrogens is 3. The van der Waals surface area contributed by atoms with Crippen LogP contribution in [0, 0.1) is 13.8 Å². The van der Waals surface area contributed by atoms with Gasteiger partial charge < -0.3 is 4.74 Å². The van der Waals surface area contributed by atoms with Crippen LogP contribution in [0.25, 0.3) is 16.9 Å². The Kier molecular flexibility index (Phi) is 5.80. The second-order valence-corrected chi connectivity index (χ2v) is 7.08. The summed E-state index contributed by atoms with van der Waals surface area (Å²) in [4.78, 5) is 20.8. The molecule has 5 nitrogen and oxygen atoms in total. The highest BCUT2D eigenvalue weighted by Gasteiger charge is 2.16. The van der Waals surface area contributed by atoms with Crippen molar-refractivity contribution in [3.05, 3.63) is 51.9 Å². The first-order valence-electron chi connectivity index (χ1n) is 9.15. The Labute approximate surface area is 164 Å². The van der Waals surface area contributed by atoms with Crippen molar-refractivity contribution in [2.45, 2.75) is 46.5 Å². The molecule has 0 saturated carbocycles. The van der Waals surface area contributed by atoms with Crippen molar-refractivity contribution >= 4 is 28.7 Å². The van der Waals surface area contributed by atoms with Gasteiger partial charge in [-0.25, -0.2) is 9.97 Å². The Morgan fingerprint density at radius 2 is 2.00 bits per heavy atom. The first kappa shape index (κ1) is 19.4. The molecule has 0 aliphatic rings. The molecule has 0 aliphatic carbocycles. The zero-order valence-corrected chi connectivity index (χ0v) is 16.9. The minimum atomic E-state index is -0.197. The number of hydrogen-bond acceptors (Lipinski definition) is 4. The van der Waals surface area contributed by atoms with Crippen LogP contribution < -0.4 is 0 Å². The summed E-state index contributed by atoms with van der Waals surface area (Å²) in [5.41, 5.74) is 5.85. The molecule has 3 aromatic rings. The molecule has 1 aromatic carbocycles. The van der Waals surface area contributed by atoms with E-state index in [2.05, 4.69) is 29.2 Å². The highest BCUT2D eigenvalue weighted by atomic mass is 35.5. The number of fused-ring (bicyclic) bond motifs is 1. The fraction of sp³-hybridized carbons (Fsp3) is 0.381. The summed E-state index contributed by atoms with van der Waals surface area (Å²) in [6.07, 6.45) is 2.63. The summed E-state index contributed by atoms with van der Waals surface area (Å²) >= 11 is 6.53. The van der Waals surface area contributed by atoms with Gasteiger partial charge in [0.2, 0.25) is 0 Å². The van der Waals surface area contributed by atoms with Crippen molar-refractivity contribution in [1.82, 2.24) is 14.5 Å². The summed E-state index contributed by atoms with van der Waals surface area (Å²) in [7, 11) is 1.41. The molecular formula is C21H24ClN3O2. The maximum Gasteiger partial charge on any atom is 0.305 e. The Bertz CT molecular complexity index is 995. The number of methoxy groups -OCH3 is 1. The topological polar surface area (TPSA) is 57.0 Å². The van der Waals surface area contributed by atoms with Crippen molar-refractivity contribution in [3.8, 4) is 5.69 Å². The lowest BCUT2D eigenvalue weighted by Gasteiger charge is -2.11. The molecule has 0 saturated heterocycles. The molecule has 2 aromatic heterocycles. The van der Waals surface area contributed by atoms with E-state index in [1.807, 2.05) is 25.1 Å². The van der Waals surface area contributed by atoms with Gasteiger partial charge in [0, 0.05) is 23.6 Å². The van der Waals surface area contributed by atoms with Gasteiger partial charge >= 0.3 is 5.97 Å². The van der Waals surface area contributed by atoms with Crippen molar-refractivity contribution in [2.75, 3.05) is 7.11 Å². The number of nitrogens with zero attached hydrogens (tertiary/aromatic N) is 3. The van der Waals surface area contributed by atoms with E-state index >= 15 is 0 Å². The quantitative estimate of drug-likeness (QED) is 0.574. The summed E-state index contributed by atoms with van der Waals surface area (Å²) < 4.78 is 6.77. The van der Waals surface area contributed by atoms with Gasteiger partial charge in [0.05, 0.1) is 12.8 Å². The van der Waals surface area contributed by atoms with Gasteiger partial charge in [0.25, 0.3) is 0 Å². The van der Waals surface area contributed by atoms with E-state index in [9.17, 15) is 4.79 Å². The van der Waals surface area contributed by atoms with Crippen molar-refractivity contribution < 1.29 is 9.53 Å². The molecule has 0 radical (unpaired) electrons. The number of rotatable bonds is 6. The number of aryl methyl sites for hydroxylation is 4. The van der Waals surface area contributed by atoms with Crippen molar-refractivity contribution in [3.63, 3.8) is 0 Å². The Morgan fingerprint density at radius 1 is 1.22 bits per heavy atom. The molecule has 0 atom stereocenters. The number of hydrogen-bond donors (Lipinski definition) is 0. The van der Waals surface area contributed by atoms with Gasteiger partial charge in [-0.3, -0.25) is 9.36 Å². The van der Waals surface area contributed by atoms with E-state index in [1.165, 1.54) is 7.11 Å². The average Bonchev–Trinajstić information content (AvgIpc) is 3.01. The number of esters is 1. The predicted molar refractivity (Wildman–Crippen MR) is 108 cm³/mol. The first-order valence-corrected chi connectivity index (χ1v) is 9.53. The van der Waals surface area contributed by atoms with Crippen molar-refractivity contribution in [1.29, 1.82) is 0 Å². The number of benzene rings is 1. The first-order chi connectivity index (χ1) is 12.9. The minimum Gasteiger partial charge on any atom is -0.469 e. The lowest BCUT2D eigenvalue weighted by molar-refractivity contribution is -0.140. The van der Waals surface area contributed by atoms with E-state index in [-0.39, 0.29) is 5.97 Å². The van der Waals surface area contributed by atoms with Crippen LogP contribution in [0.2, 0.25) is 5.02 Å². The third-order valence-electron chi connectivity index (χ3n) is 4.67. The normalized spacial score (nSPS) is 11.1. The van der Waals surface area contributed by atoms with Crippen LogP contribution in [0.5, 0.6) is 0 Å². The van der Waals surface area contributed by atoms with Crippen LogP contribution >= 0.6 is 11.6 Å². The lowest BCUT2D eigenvalue weighted by Crippen LogP contribution is -2.03. The van der Waals surface area contributed by atoms with Crippen LogP contribution in [0.4, 0.5) is 0 Å². The van der Waals surface area contributed by atoms with E-state index in [0.29, 0.717) is 17.9 Å². The lowest BCUT2D eigenvalue weighted by atomic mass is 10.1. The van der Waals surface area contributed by atoms with Gasteiger partial charge in [-0.1, -0.05) is 24.6 Å². The Balaban J connectivity index is 1.97. The number of carbonyl (C=O) groups excluding carboxylic acids is 1. The van der Waals surface area contributed by atoms with Gasteiger partial charge in [-0.15, -0.1) is 0 Å². The third kappa shape index (κ3) is 3.98. The smallest absolute Gasteiger partial charge is 0.305 e. The predicted octanol–water partition coefficient (Wildman–Crippen LogP) is 4.75. The van der Waals surface area contributed by atoms with Crippen LogP contribution in [-0.2, 0) is 22.4 Å². The monoisotopic (exact) mass is 385 g/mol. The number of halogens is 1. The molecule has 6 heteroatoms. The molecular weight excluding hydrogens is 362 g/mol. The number of imidazole rings is 1. The van der Waals surface area contributed by atoms with Gasteiger partial charge in [0.1, 0.15) is 11.3 Å². The molecule has 0 bridgehead atoms. The standard InChI is InChI=1S/C21H24ClN3O2/c1-5-18-24-20-13(2)11-14(3)23-21(20)25(18)16-10-9-15(17(22)12-16)7-6-8-19(26)27-4/h9-12H,5-8H2,1-4H3. The van der Waals surface area contributed by atoms with Crippen molar-refractivity contribution in [2.24, 2.45) is 0 Å². The van der Waals surface area contributed by atoms with Gasteiger partial charge in [0.15, 0.2) is 5.65 Å². The maximum atomic E-state index is 11.3. The molecule has 142 valence electrons. The van der Waals surface area contributed by atoms with Gasteiger partial charge in [-0.05, 0) is 56.0 Å². The minimum absolute atomic E-state index is 0.197. The fourth-order valence-electron chi connectivity index (χ4n) is 3.32. The second-order valence-electron chi connectivity index (χ2n) is 6.68. The largest absolute Gasteiger partial charge is 0.469 e. The highest BCUT2D eigenvalue weighted by molar-refractivity contribution is 6.31. The van der Waals surface area contributed by atoms with Crippen LogP contribution in [-0.4, -0.2) is 27.6 Å². The average molecular weight is 386 g/mol. The SMILES string of the molecule is CCc1nc2c(C)cc(C)nc2n1-c1ccc(CCCC(=O)OC)c(Cl)c1. The molecule has 27 heavy (non-hydrogen) atoms. The van der Waals surface area contributed by atoms with E-state index in [4.69, 9.17) is 21.6 Å². The molecule has 0 N–H and O–H groups in total. The molecule has 2 heterocycles. The molecule has 0 aliphatic heterocycles. The molecule has 0 unspecified atom stereocenters. The van der Waals surface area contributed by atoms with E-state index < -0.39 is 0 Å². The van der Waals surface area contributed by atoms with E-state index in [0.717, 1.165) is 52.3 Å². The molecule has 0 spiro atoms. The third-order valence-corrected chi connectivity index (χ3v) is 5.02. The van der Waals surface area contributed by atoms with Gasteiger partial charge in [-0.2, -0.15) is 0 Å². The number of ether oxygens (including phenoxy) is 1. The highest BCUT2D eigenvalue weighted by Crippen LogP contribution is 2.27. The molecule has 0 amide bonds.